The number of alkyl halides is 3. The number of aromatic nitrogens is 2. The number of nitrogens with two attached hydrogens (primary N) is 1. The second kappa shape index (κ2) is 13.5. The average Bonchev–Trinajstić information content (AvgIpc) is 3.00. The zero-order chi connectivity index (χ0) is 30.3. The van der Waals surface area contributed by atoms with Crippen LogP contribution < -0.4 is 20.7 Å². The van der Waals surface area contributed by atoms with Crippen LogP contribution in [0.4, 0.5) is 24.5 Å². The molecule has 1 fully saturated rings. The van der Waals surface area contributed by atoms with Gasteiger partial charge in [-0.05, 0) is 68.0 Å². The highest BCUT2D eigenvalue weighted by atomic mass is 32.2. The van der Waals surface area contributed by atoms with Crippen LogP contribution in [0.1, 0.15) is 36.5 Å². The smallest absolute Gasteiger partial charge is 0.422 e. The maximum absolute atomic E-state index is 14.8. The van der Waals surface area contributed by atoms with E-state index in [2.05, 4.69) is 22.1 Å². The maximum atomic E-state index is 14.8. The molecule has 1 amide bonds. The van der Waals surface area contributed by atoms with Crippen LogP contribution in [0.15, 0.2) is 72.4 Å². The van der Waals surface area contributed by atoms with Crippen molar-refractivity contribution in [3.63, 3.8) is 0 Å². The van der Waals surface area contributed by atoms with Crippen LogP contribution >= 0.6 is 11.8 Å². The zero-order valence-electron chi connectivity index (χ0n) is 22.8. The molecule has 0 unspecified atom stereocenters. The van der Waals surface area contributed by atoms with Gasteiger partial charge in [0.2, 0.25) is 0 Å². The number of nitrogens with zero attached hydrogens (tertiary/aromatic N) is 4. The summed E-state index contributed by atoms with van der Waals surface area (Å²) in [6.45, 7) is 6.47. The summed E-state index contributed by atoms with van der Waals surface area (Å²) in [6.07, 6.45) is -0.366. The molecule has 12 heteroatoms. The molecule has 0 bridgehead atoms. The number of ether oxygens (including phenoxy) is 1. The molecule has 218 valence electrons. The first-order valence-corrected chi connectivity index (χ1v) is 14.0. The molecule has 1 atom stereocenters. The second-order valence-corrected chi connectivity index (χ2v) is 10.6. The van der Waals surface area contributed by atoms with E-state index in [4.69, 9.17) is 10.5 Å². The lowest BCUT2D eigenvalue weighted by Crippen LogP contribution is -2.40. The number of halogens is 3. The molecule has 3 aromatic rings. The Morgan fingerprint density at radius 1 is 1.26 bits per heavy atom. The van der Waals surface area contributed by atoms with Crippen molar-refractivity contribution < 1.29 is 22.7 Å². The van der Waals surface area contributed by atoms with Gasteiger partial charge in [-0.3, -0.25) is 4.79 Å². The minimum Gasteiger partial charge on any atom is -0.455 e. The minimum atomic E-state index is -4.85. The van der Waals surface area contributed by atoms with Gasteiger partial charge in [0, 0.05) is 29.1 Å². The Morgan fingerprint density at radius 2 is 2.05 bits per heavy atom. The van der Waals surface area contributed by atoms with Crippen molar-refractivity contribution in [2.75, 3.05) is 29.9 Å². The number of carbonyl (C=O) groups excluding carboxylic acids is 1. The zero-order valence-corrected chi connectivity index (χ0v) is 23.6. The van der Waals surface area contributed by atoms with Gasteiger partial charge in [0.1, 0.15) is 23.1 Å². The summed E-state index contributed by atoms with van der Waals surface area (Å²) in [5.74, 6) is -1.07. The number of hydrogen-bond acceptors (Lipinski definition) is 8. The van der Waals surface area contributed by atoms with Crippen molar-refractivity contribution in [3.05, 3.63) is 89.1 Å². The largest absolute Gasteiger partial charge is 0.455 e. The lowest BCUT2D eigenvalue weighted by Gasteiger charge is -2.37. The number of anilines is 2. The highest BCUT2D eigenvalue weighted by Crippen LogP contribution is 2.48. The van der Waals surface area contributed by atoms with E-state index in [-0.39, 0.29) is 40.7 Å². The van der Waals surface area contributed by atoms with Crippen molar-refractivity contribution in [1.29, 1.82) is 5.26 Å². The van der Waals surface area contributed by atoms with E-state index in [0.717, 1.165) is 18.1 Å². The number of para-hydroxylation sites is 1. The molecule has 1 aromatic heterocycles. The molecule has 42 heavy (non-hydrogen) atoms. The predicted octanol–water partition coefficient (Wildman–Crippen LogP) is 6.58. The van der Waals surface area contributed by atoms with Crippen molar-refractivity contribution in [1.82, 2.24) is 10.2 Å². The second-order valence-electron chi connectivity index (χ2n) is 9.66. The number of nitriles is 1. The number of benzene rings is 2. The number of rotatable bonds is 9. The van der Waals surface area contributed by atoms with Gasteiger partial charge in [0.25, 0.3) is 5.91 Å². The van der Waals surface area contributed by atoms with Crippen molar-refractivity contribution in [2.45, 2.75) is 25.9 Å². The van der Waals surface area contributed by atoms with Gasteiger partial charge >= 0.3 is 6.18 Å². The van der Waals surface area contributed by atoms with E-state index in [1.807, 2.05) is 6.07 Å². The molecule has 2 heterocycles. The first-order valence-electron chi connectivity index (χ1n) is 13.1. The van der Waals surface area contributed by atoms with Crippen LogP contribution in [0, 0.1) is 17.2 Å². The summed E-state index contributed by atoms with van der Waals surface area (Å²) >= 11 is 1.19. The standard InChI is InChI=1S/C30H29F3N6O2S/c1-19(18-42-20(2)23-11-12-36-37-16-23)29(40)38-24-9-10-26(41-25-8-4-3-7-22(25)15-35)27(30(31,32)33)28(24)39-13-5-6-21(14-34)17-39/h3-4,7-12,16,18,21H,2,5-6,13-14,17,34H2,1H3,(H,38,40)/b19-18+/t21-/m0/s1. The molecular weight excluding hydrogens is 565 g/mol. The lowest BCUT2D eigenvalue weighted by molar-refractivity contribution is -0.138. The van der Waals surface area contributed by atoms with E-state index in [0.29, 0.717) is 24.4 Å². The monoisotopic (exact) mass is 594 g/mol. The first-order chi connectivity index (χ1) is 20.1. The topological polar surface area (TPSA) is 117 Å². The summed E-state index contributed by atoms with van der Waals surface area (Å²) < 4.78 is 50.2. The van der Waals surface area contributed by atoms with Gasteiger partial charge < -0.3 is 20.7 Å². The third-order valence-corrected chi connectivity index (χ3v) is 7.70. The normalized spacial score (nSPS) is 15.6. The number of nitrogens with one attached hydrogen (secondary N) is 1. The quantitative estimate of drug-likeness (QED) is 0.267. The number of amides is 1. The molecule has 1 saturated heterocycles. The van der Waals surface area contributed by atoms with Crippen molar-refractivity contribution in [2.24, 2.45) is 11.7 Å². The number of piperidine rings is 1. The molecule has 0 spiro atoms. The SMILES string of the molecule is C=C(S/C=C(\C)C(=O)Nc1ccc(Oc2ccccc2C#N)c(C(F)(F)F)c1N1CCC[C@@H](CN)C1)c1ccnnc1. The molecular formula is C30H29F3N6O2S. The Balaban J connectivity index is 1.73. The maximum Gasteiger partial charge on any atom is 0.422 e. The summed E-state index contributed by atoms with van der Waals surface area (Å²) in [5.41, 5.74) is 5.72. The van der Waals surface area contributed by atoms with Crippen LogP contribution in [0.3, 0.4) is 0 Å². The molecule has 0 radical (unpaired) electrons. The number of thioether (sulfide) groups is 1. The van der Waals surface area contributed by atoms with E-state index in [1.54, 1.807) is 35.4 Å². The number of hydrogen-bond donors (Lipinski definition) is 2. The Kier molecular flexibility index (Phi) is 9.88. The van der Waals surface area contributed by atoms with E-state index in [9.17, 15) is 23.2 Å². The predicted molar refractivity (Wildman–Crippen MR) is 158 cm³/mol. The molecule has 1 aliphatic heterocycles. The summed E-state index contributed by atoms with van der Waals surface area (Å²) in [7, 11) is 0. The van der Waals surface area contributed by atoms with Crippen LogP contribution in [0.2, 0.25) is 0 Å². The van der Waals surface area contributed by atoms with Crippen molar-refractivity contribution in [3.8, 4) is 17.6 Å². The summed E-state index contributed by atoms with van der Waals surface area (Å²) in [5, 5.41) is 21.2. The number of carbonyl (C=O) groups is 1. The molecule has 4 rings (SSSR count). The Bertz CT molecular complexity index is 1520. The summed E-state index contributed by atoms with van der Waals surface area (Å²) in [4.78, 5) is 15.4. The molecule has 0 aliphatic carbocycles. The Morgan fingerprint density at radius 3 is 2.74 bits per heavy atom. The summed E-state index contributed by atoms with van der Waals surface area (Å²) in [6, 6.07) is 12.3. The molecule has 1 aliphatic rings. The molecule has 2 aromatic carbocycles. The van der Waals surface area contributed by atoms with Gasteiger partial charge in [-0.2, -0.15) is 28.6 Å². The third-order valence-electron chi connectivity index (χ3n) is 6.71. The minimum absolute atomic E-state index is 0.00727. The molecule has 3 N–H and O–H groups in total. The Hall–Kier alpha value is -4.34. The lowest BCUT2D eigenvalue weighted by atomic mass is 9.96. The van der Waals surface area contributed by atoms with E-state index < -0.39 is 23.4 Å². The average molecular weight is 595 g/mol. The van der Waals surface area contributed by atoms with Crippen LogP contribution in [0.25, 0.3) is 4.91 Å². The molecule has 8 nitrogen and oxygen atoms in total. The van der Waals surface area contributed by atoms with Gasteiger partial charge in [0.05, 0.1) is 29.3 Å². The van der Waals surface area contributed by atoms with Gasteiger partial charge in [0.15, 0.2) is 0 Å². The van der Waals surface area contributed by atoms with Gasteiger partial charge in [-0.1, -0.05) is 30.5 Å². The van der Waals surface area contributed by atoms with Crippen LogP contribution in [-0.2, 0) is 11.0 Å². The fourth-order valence-electron chi connectivity index (χ4n) is 4.55. The fourth-order valence-corrected chi connectivity index (χ4v) is 5.23. The van der Waals surface area contributed by atoms with E-state index in [1.165, 1.54) is 42.4 Å². The van der Waals surface area contributed by atoms with Gasteiger partial charge in [-0.25, -0.2) is 0 Å². The van der Waals surface area contributed by atoms with Crippen LogP contribution in [-0.4, -0.2) is 35.7 Å². The Labute approximate surface area is 246 Å². The highest BCUT2D eigenvalue weighted by molar-refractivity contribution is 8.10. The van der Waals surface area contributed by atoms with Crippen LogP contribution in [0.5, 0.6) is 11.5 Å². The van der Waals surface area contributed by atoms with Gasteiger partial charge in [-0.15, -0.1) is 0 Å². The first kappa shape index (κ1) is 30.6. The molecule has 0 saturated carbocycles. The van der Waals surface area contributed by atoms with Crippen molar-refractivity contribution >= 4 is 33.9 Å². The highest BCUT2D eigenvalue weighted by Gasteiger charge is 2.41. The fraction of sp³-hybridized carbons (Fsp3) is 0.267. The van der Waals surface area contributed by atoms with E-state index >= 15 is 0 Å². The third kappa shape index (κ3) is 7.29.